The fraction of sp³-hybridized carbons (Fsp3) is 0.250. The summed E-state index contributed by atoms with van der Waals surface area (Å²) in [6.45, 7) is 3.36. The molecule has 0 aliphatic heterocycles. The zero-order valence-corrected chi connectivity index (χ0v) is 21.0. The predicted molar refractivity (Wildman–Crippen MR) is 122 cm³/mol. The van der Waals surface area contributed by atoms with Gasteiger partial charge in [0.1, 0.15) is 23.0 Å². The molecule has 9 heteroatoms. The first-order chi connectivity index (χ1) is 15.2. The molecule has 0 unspecified atom stereocenters. The molecule has 172 valence electrons. The van der Waals surface area contributed by atoms with Crippen LogP contribution in [0.4, 0.5) is 0 Å². The van der Waals surface area contributed by atoms with Crippen LogP contribution in [0.5, 0.6) is 23.0 Å². The number of methoxy groups -OCH3 is 4. The molecule has 0 N–H and O–H groups in total. The van der Waals surface area contributed by atoms with Gasteiger partial charge in [0.05, 0.1) is 40.4 Å². The third kappa shape index (κ3) is 9.46. The number of hydrogen-bond donors (Lipinski definition) is 0. The van der Waals surface area contributed by atoms with Gasteiger partial charge < -0.3 is 38.7 Å². The summed E-state index contributed by atoms with van der Waals surface area (Å²) in [4.78, 5) is 20.9. The molecule has 2 aromatic carbocycles. The van der Waals surface area contributed by atoms with Gasteiger partial charge in [0.25, 0.3) is 0 Å². The van der Waals surface area contributed by atoms with Gasteiger partial charge in [-0.2, -0.15) is 0 Å². The second kappa shape index (κ2) is 14.8. The molecule has 0 saturated carbocycles. The van der Waals surface area contributed by atoms with Crippen molar-refractivity contribution in [2.24, 2.45) is 0 Å². The van der Waals surface area contributed by atoms with Crippen LogP contribution in [0, 0.1) is 0 Å². The van der Waals surface area contributed by atoms with Crippen LogP contribution in [0.15, 0.2) is 48.6 Å². The zero-order valence-electron chi connectivity index (χ0n) is 19.6. The summed E-state index contributed by atoms with van der Waals surface area (Å²) in [6, 6.07) is 10.4. The predicted octanol–water partition coefficient (Wildman–Crippen LogP) is 1.33. The van der Waals surface area contributed by atoms with Crippen molar-refractivity contribution in [2.45, 2.75) is 13.8 Å². The van der Waals surface area contributed by atoms with E-state index in [1.54, 1.807) is 64.5 Å². The van der Waals surface area contributed by atoms with Crippen molar-refractivity contribution in [3.05, 3.63) is 59.7 Å². The number of carbonyl (C=O) groups excluding carboxylic acids is 2. The Balaban J connectivity index is 0.000000602. The quantitative estimate of drug-likeness (QED) is 0.422. The van der Waals surface area contributed by atoms with E-state index in [-0.39, 0.29) is 23.1 Å². The maximum atomic E-state index is 10.5. The van der Waals surface area contributed by atoms with Crippen LogP contribution in [0.3, 0.4) is 0 Å². The van der Waals surface area contributed by atoms with Crippen LogP contribution in [0.25, 0.3) is 11.1 Å². The van der Waals surface area contributed by atoms with Crippen LogP contribution in [-0.4, -0.2) is 63.4 Å². The van der Waals surface area contributed by atoms with E-state index in [2.05, 4.69) is 0 Å². The fourth-order valence-corrected chi connectivity index (χ4v) is 2.76. The molecule has 0 aliphatic carbocycles. The van der Waals surface area contributed by atoms with Crippen LogP contribution in [-0.2, 0) is 9.59 Å². The number of carboxylic acid groups (broad SMARTS) is 2. The van der Waals surface area contributed by atoms with Gasteiger partial charge in [-0.15, -0.1) is 0 Å². The molecular formula is C24H26MgO8. The summed E-state index contributed by atoms with van der Waals surface area (Å²) < 4.78 is 20.4. The van der Waals surface area contributed by atoms with Gasteiger partial charge in [0, 0.05) is 23.3 Å². The summed E-state index contributed by atoms with van der Waals surface area (Å²) in [5.74, 6) is -0.0156. The minimum Gasteiger partial charge on any atom is -0.545 e. The van der Waals surface area contributed by atoms with Crippen LogP contribution in [0.1, 0.15) is 25.0 Å². The molecule has 0 aliphatic rings. The monoisotopic (exact) mass is 466 g/mol. The Kier molecular flexibility index (Phi) is 13.4. The second-order valence-electron chi connectivity index (χ2n) is 6.43. The van der Waals surface area contributed by atoms with Crippen molar-refractivity contribution < 1.29 is 38.7 Å². The van der Waals surface area contributed by atoms with Crippen LogP contribution >= 0.6 is 0 Å². The summed E-state index contributed by atoms with van der Waals surface area (Å²) in [5, 5.41) is 20.9. The number of carboxylic acids is 2. The van der Waals surface area contributed by atoms with Gasteiger partial charge in [-0.3, -0.25) is 0 Å². The molecule has 0 bridgehead atoms. The number of allylic oxidation sites excluding steroid dienone is 2. The fourth-order valence-electron chi connectivity index (χ4n) is 2.76. The molecule has 0 amide bonds. The Morgan fingerprint density at radius 3 is 1.24 bits per heavy atom. The average molecular weight is 467 g/mol. The first-order valence-corrected chi connectivity index (χ1v) is 9.40. The van der Waals surface area contributed by atoms with E-state index in [9.17, 15) is 19.8 Å². The number of carbonyl (C=O) groups is 2. The van der Waals surface area contributed by atoms with E-state index in [0.717, 1.165) is 12.2 Å². The second-order valence-corrected chi connectivity index (χ2v) is 6.43. The number of hydrogen-bond acceptors (Lipinski definition) is 8. The van der Waals surface area contributed by atoms with Gasteiger partial charge in [-0.25, -0.2) is 0 Å². The first-order valence-electron chi connectivity index (χ1n) is 9.40. The SMILES string of the molecule is COc1ccc(/C(C)=C/C(=O)[O-])c(OC)c1.COc1ccc(/C(C)=C/C(=O)[O-])c(OC)c1.[Mg+2]. The molecule has 2 aromatic rings. The number of aliphatic carboxylic acids is 2. The maximum absolute atomic E-state index is 10.5. The minimum absolute atomic E-state index is 0. The normalized spacial score (nSPS) is 10.7. The van der Waals surface area contributed by atoms with E-state index >= 15 is 0 Å². The Morgan fingerprint density at radius 2 is 1.00 bits per heavy atom. The van der Waals surface area contributed by atoms with Gasteiger partial charge in [-0.1, -0.05) is 0 Å². The van der Waals surface area contributed by atoms with E-state index in [1.807, 2.05) is 0 Å². The van der Waals surface area contributed by atoms with Gasteiger partial charge in [-0.05, 0) is 61.4 Å². The van der Waals surface area contributed by atoms with Crippen molar-refractivity contribution in [1.82, 2.24) is 0 Å². The molecule has 0 fully saturated rings. The van der Waals surface area contributed by atoms with Crippen molar-refractivity contribution in [3.63, 3.8) is 0 Å². The third-order valence-corrected chi connectivity index (χ3v) is 4.34. The molecule has 33 heavy (non-hydrogen) atoms. The van der Waals surface area contributed by atoms with Crippen molar-refractivity contribution in [2.75, 3.05) is 28.4 Å². The zero-order chi connectivity index (χ0) is 24.3. The first kappa shape index (κ1) is 29.8. The third-order valence-electron chi connectivity index (χ3n) is 4.34. The molecular weight excluding hydrogens is 441 g/mol. The van der Waals surface area contributed by atoms with Gasteiger partial charge in [0.2, 0.25) is 0 Å². The largest absolute Gasteiger partial charge is 2.00 e. The molecule has 0 saturated heterocycles. The van der Waals surface area contributed by atoms with E-state index in [1.165, 1.54) is 14.2 Å². The smallest absolute Gasteiger partial charge is 0.545 e. The van der Waals surface area contributed by atoms with Crippen molar-refractivity contribution in [1.29, 1.82) is 0 Å². The Morgan fingerprint density at radius 1 is 0.667 bits per heavy atom. The molecule has 0 aromatic heterocycles. The van der Waals surface area contributed by atoms with Crippen LogP contribution in [0.2, 0.25) is 0 Å². The van der Waals surface area contributed by atoms with Crippen LogP contribution < -0.4 is 29.2 Å². The number of ether oxygens (including phenoxy) is 4. The average Bonchev–Trinajstić information content (AvgIpc) is 2.77. The molecule has 2 rings (SSSR count). The van der Waals surface area contributed by atoms with Crippen molar-refractivity contribution >= 4 is 46.1 Å². The van der Waals surface area contributed by atoms with E-state index < -0.39 is 11.9 Å². The molecule has 0 atom stereocenters. The molecule has 0 heterocycles. The van der Waals surface area contributed by atoms with Crippen molar-refractivity contribution in [3.8, 4) is 23.0 Å². The summed E-state index contributed by atoms with van der Waals surface area (Å²) in [7, 11) is 6.14. The maximum Gasteiger partial charge on any atom is 2.00 e. The molecule has 0 radical (unpaired) electrons. The Hall–Kier alpha value is -3.17. The summed E-state index contributed by atoms with van der Waals surface area (Å²) >= 11 is 0. The molecule has 8 nitrogen and oxygen atoms in total. The summed E-state index contributed by atoms with van der Waals surface area (Å²) in [6.07, 6.45) is 2.06. The minimum atomic E-state index is -1.23. The van der Waals surface area contributed by atoms with E-state index in [4.69, 9.17) is 18.9 Å². The standard InChI is InChI=1S/2C12H14O4.Mg/c2*1-8(6-12(13)14)10-5-4-9(15-2)7-11(10)16-3;/h2*4-7H,1-3H3,(H,13,14);/q;;+2/p-2/b2*8-6+;. The molecule has 0 spiro atoms. The number of benzene rings is 2. The van der Waals surface area contributed by atoms with Gasteiger partial charge >= 0.3 is 23.1 Å². The Bertz CT molecular complexity index is 930. The Labute approximate surface area is 209 Å². The van der Waals surface area contributed by atoms with Gasteiger partial charge in [0.15, 0.2) is 0 Å². The number of rotatable bonds is 8. The summed E-state index contributed by atoms with van der Waals surface area (Å²) in [5.41, 5.74) is 2.54. The van der Waals surface area contributed by atoms with E-state index in [0.29, 0.717) is 45.3 Å². The topological polar surface area (TPSA) is 117 Å².